The Morgan fingerprint density at radius 1 is 1.20 bits per heavy atom. The summed E-state index contributed by atoms with van der Waals surface area (Å²) in [6, 6.07) is 0. The number of rotatable bonds is 11. The Hall–Kier alpha value is -2.28. The van der Waals surface area contributed by atoms with Crippen molar-refractivity contribution in [2.24, 2.45) is 17.8 Å². The number of allylic oxidation sites excluding steroid dienone is 2. The maximum Gasteiger partial charge on any atom is 0.410 e. The maximum atomic E-state index is 13.2. The van der Waals surface area contributed by atoms with Gasteiger partial charge in [-0.15, -0.1) is 0 Å². The van der Waals surface area contributed by atoms with E-state index in [2.05, 4.69) is 4.90 Å². The fourth-order valence-corrected chi connectivity index (χ4v) is 6.07. The van der Waals surface area contributed by atoms with Crippen LogP contribution in [0.15, 0.2) is 36.0 Å². The molecule has 1 fully saturated rings. The van der Waals surface area contributed by atoms with E-state index in [0.29, 0.717) is 25.1 Å². The third-order valence-corrected chi connectivity index (χ3v) is 9.43. The topological polar surface area (TPSA) is 149 Å². The number of aliphatic hydroxyl groups excluding tert-OH is 3. The molecule has 0 aromatic rings. The third-order valence-electron chi connectivity index (χ3n) is 9.43. The number of esters is 1. The zero-order valence-electron chi connectivity index (χ0n) is 29.2. The minimum Gasteiger partial charge on any atom is -0.457 e. The Kier molecular flexibility index (Phi) is 16.4. The van der Waals surface area contributed by atoms with Crippen LogP contribution in [0.2, 0.25) is 0 Å². The van der Waals surface area contributed by atoms with E-state index in [0.717, 1.165) is 19.5 Å². The molecule has 1 amide bonds. The molecule has 264 valence electrons. The molecule has 2 aliphatic rings. The Bertz CT molecular complexity index is 1030. The number of aliphatic hydroxyl groups is 4. The third kappa shape index (κ3) is 12.4. The second kappa shape index (κ2) is 18.9. The monoisotopic (exact) mass is 652 g/mol. The van der Waals surface area contributed by atoms with Gasteiger partial charge in [0.15, 0.2) is 0 Å². The minimum atomic E-state index is -1.45. The lowest BCUT2D eigenvalue weighted by Crippen LogP contribution is -2.49. The van der Waals surface area contributed by atoms with Gasteiger partial charge in [-0.25, -0.2) is 4.79 Å². The van der Waals surface area contributed by atoms with Gasteiger partial charge in [0, 0.05) is 45.1 Å². The molecule has 4 N–H and O–H groups in total. The molecule has 2 rings (SSSR count). The van der Waals surface area contributed by atoms with E-state index >= 15 is 0 Å². The van der Waals surface area contributed by atoms with Crippen LogP contribution in [0.25, 0.3) is 0 Å². The number of carbonyl (C=O) groups excluding carboxylic acids is 2. The molecular weight excluding hydrogens is 592 g/mol. The number of nitrogens with zero attached hydrogens (tertiary/aromatic N) is 2. The van der Waals surface area contributed by atoms with E-state index in [1.807, 2.05) is 47.7 Å². The van der Waals surface area contributed by atoms with E-state index in [1.54, 1.807) is 30.2 Å². The lowest BCUT2D eigenvalue weighted by molar-refractivity contribution is -0.151. The van der Waals surface area contributed by atoms with Crippen molar-refractivity contribution in [3.05, 3.63) is 36.0 Å². The van der Waals surface area contributed by atoms with Crippen molar-refractivity contribution in [2.75, 3.05) is 40.3 Å². The van der Waals surface area contributed by atoms with E-state index in [-0.39, 0.29) is 43.1 Å². The highest BCUT2D eigenvalue weighted by atomic mass is 16.6. The number of carbonyl (C=O) groups is 2. The van der Waals surface area contributed by atoms with Crippen LogP contribution in [0.1, 0.15) is 73.6 Å². The van der Waals surface area contributed by atoms with Crippen LogP contribution >= 0.6 is 0 Å². The molecular formula is C35H60N2O9. The molecule has 0 aromatic heterocycles. The molecule has 10 unspecified atom stereocenters. The predicted molar refractivity (Wildman–Crippen MR) is 177 cm³/mol. The smallest absolute Gasteiger partial charge is 0.410 e. The number of methoxy groups -OCH3 is 1. The van der Waals surface area contributed by atoms with Crippen LogP contribution in [0, 0.1) is 17.8 Å². The number of hydrogen-bond donors (Lipinski definition) is 4. The first kappa shape index (κ1) is 39.9. The summed E-state index contributed by atoms with van der Waals surface area (Å²) >= 11 is 0. The van der Waals surface area contributed by atoms with Crippen molar-refractivity contribution >= 4 is 12.1 Å². The molecule has 0 aromatic carbocycles. The zero-order valence-corrected chi connectivity index (χ0v) is 29.2. The largest absolute Gasteiger partial charge is 0.457 e. The quantitative estimate of drug-likeness (QED) is 0.149. The average molecular weight is 653 g/mol. The fraction of sp³-hybridized carbons (Fsp3) is 0.771. The normalized spacial score (nSPS) is 31.6. The first-order chi connectivity index (χ1) is 21.6. The van der Waals surface area contributed by atoms with Crippen molar-refractivity contribution in [3.8, 4) is 0 Å². The van der Waals surface area contributed by atoms with Gasteiger partial charge < -0.3 is 44.4 Å². The molecule has 1 saturated heterocycles. The highest BCUT2D eigenvalue weighted by molar-refractivity contribution is 5.70. The summed E-state index contributed by atoms with van der Waals surface area (Å²) in [6.45, 7) is 13.7. The van der Waals surface area contributed by atoms with Gasteiger partial charge in [0.25, 0.3) is 0 Å². The minimum absolute atomic E-state index is 0.0295. The number of cyclic esters (lactones) is 1. The Morgan fingerprint density at radius 2 is 1.85 bits per heavy atom. The maximum absolute atomic E-state index is 13.2. The molecule has 0 bridgehead atoms. The summed E-state index contributed by atoms with van der Waals surface area (Å²) in [7, 11) is 3.67. The van der Waals surface area contributed by atoms with Gasteiger partial charge in [-0.3, -0.25) is 4.79 Å². The summed E-state index contributed by atoms with van der Waals surface area (Å²) in [5.41, 5.74) is -0.736. The Balaban J connectivity index is 2.27. The van der Waals surface area contributed by atoms with Crippen molar-refractivity contribution in [1.29, 1.82) is 0 Å². The summed E-state index contributed by atoms with van der Waals surface area (Å²) in [5.74, 6) is -1.22. The van der Waals surface area contributed by atoms with Gasteiger partial charge in [0.05, 0.1) is 30.3 Å². The van der Waals surface area contributed by atoms with E-state index < -0.39 is 48.2 Å². The highest BCUT2D eigenvalue weighted by Gasteiger charge is 2.34. The van der Waals surface area contributed by atoms with Gasteiger partial charge in [-0.1, -0.05) is 58.1 Å². The Morgan fingerprint density at radius 3 is 2.46 bits per heavy atom. The second-order valence-electron chi connectivity index (χ2n) is 13.6. The lowest BCUT2D eigenvalue weighted by atomic mass is 9.88. The zero-order chi connectivity index (χ0) is 34.6. The number of amides is 1. The molecule has 11 heteroatoms. The molecule has 0 saturated carbocycles. The first-order valence-corrected chi connectivity index (χ1v) is 16.8. The van der Waals surface area contributed by atoms with E-state index in [4.69, 9.17) is 14.2 Å². The molecule has 10 atom stereocenters. The van der Waals surface area contributed by atoms with Crippen molar-refractivity contribution < 1.29 is 44.2 Å². The van der Waals surface area contributed by atoms with Crippen LogP contribution in [0.5, 0.6) is 0 Å². The van der Waals surface area contributed by atoms with Crippen LogP contribution in [0.3, 0.4) is 0 Å². The van der Waals surface area contributed by atoms with Gasteiger partial charge in [0.2, 0.25) is 0 Å². The molecule has 0 aliphatic carbocycles. The molecule has 46 heavy (non-hydrogen) atoms. The molecule has 2 heterocycles. The fourth-order valence-electron chi connectivity index (χ4n) is 6.07. The van der Waals surface area contributed by atoms with E-state index in [9.17, 15) is 30.0 Å². The predicted octanol–water partition coefficient (Wildman–Crippen LogP) is 3.45. The van der Waals surface area contributed by atoms with Crippen molar-refractivity contribution in [1.82, 2.24) is 9.80 Å². The van der Waals surface area contributed by atoms with Crippen LogP contribution in [0.4, 0.5) is 4.79 Å². The molecule has 11 nitrogen and oxygen atoms in total. The molecule has 0 spiro atoms. The van der Waals surface area contributed by atoms with Crippen LogP contribution in [-0.4, -0.2) is 125 Å². The summed E-state index contributed by atoms with van der Waals surface area (Å²) < 4.78 is 17.3. The number of likely N-dealkylation sites (N-methyl/N-ethyl adjacent to an activating group) is 1. The summed E-state index contributed by atoms with van der Waals surface area (Å²) in [4.78, 5) is 29.7. The highest BCUT2D eigenvalue weighted by Crippen LogP contribution is 2.27. The summed E-state index contributed by atoms with van der Waals surface area (Å²) in [5, 5.41) is 42.9. The van der Waals surface area contributed by atoms with Gasteiger partial charge >= 0.3 is 12.1 Å². The standard InChI is InChI=1S/C35H60N2O9/c1-9-29(44-8)26(5)21-28(39)33(46-34(42)37-19-17-36(7)18-20-37)24(3)12-10-11-23(2)32-25(4)13-14-30(40)35(6,43)16-15-27(38)22-31(41)45-32/h10-14,24-30,32-33,38-40,43H,9,15-22H2,1-8H3/b12-10+,14-13+,23-11+. The van der Waals surface area contributed by atoms with Crippen LogP contribution < -0.4 is 0 Å². The van der Waals surface area contributed by atoms with Crippen molar-refractivity contribution in [2.45, 2.75) is 116 Å². The second-order valence-corrected chi connectivity index (χ2v) is 13.6. The molecule has 0 radical (unpaired) electrons. The average Bonchev–Trinajstić information content (AvgIpc) is 3.00. The van der Waals surface area contributed by atoms with Crippen molar-refractivity contribution in [3.63, 3.8) is 0 Å². The van der Waals surface area contributed by atoms with Gasteiger partial charge in [-0.2, -0.15) is 0 Å². The number of hydrogen-bond acceptors (Lipinski definition) is 10. The lowest BCUT2D eigenvalue weighted by Gasteiger charge is -2.35. The Labute approximate surface area is 275 Å². The number of ether oxygens (including phenoxy) is 3. The SMILES string of the molecule is CCC(OC)C(C)CC(O)C(OC(=O)N1CCN(C)CC1)C(C)/C=C/C=C(\C)C1OC(=O)CC(O)CCC(C)(O)C(O)/C=C/C1C. The summed E-state index contributed by atoms with van der Waals surface area (Å²) in [6.07, 6.45) is 4.85. The van der Waals surface area contributed by atoms with Gasteiger partial charge in [0.1, 0.15) is 18.3 Å². The number of piperazine rings is 1. The van der Waals surface area contributed by atoms with Crippen LogP contribution in [-0.2, 0) is 19.0 Å². The van der Waals surface area contributed by atoms with Gasteiger partial charge in [-0.05, 0) is 58.1 Å². The molecule has 2 aliphatic heterocycles. The first-order valence-electron chi connectivity index (χ1n) is 16.8. The van der Waals surface area contributed by atoms with E-state index in [1.165, 1.54) is 13.0 Å².